The van der Waals surface area contributed by atoms with E-state index < -0.39 is 10.0 Å². The second-order valence-electron chi connectivity index (χ2n) is 5.20. The summed E-state index contributed by atoms with van der Waals surface area (Å²) >= 11 is 0. The van der Waals surface area contributed by atoms with Crippen molar-refractivity contribution in [3.8, 4) is 0 Å². The van der Waals surface area contributed by atoms with Gasteiger partial charge in [0.15, 0.2) is 0 Å². The third kappa shape index (κ3) is 2.13. The van der Waals surface area contributed by atoms with Gasteiger partial charge in [-0.2, -0.15) is 0 Å². The first kappa shape index (κ1) is 13.0. The molecule has 0 saturated heterocycles. The number of hydrogen-bond donors (Lipinski definition) is 2. The van der Waals surface area contributed by atoms with Gasteiger partial charge in [-0.25, -0.2) is 13.6 Å². The van der Waals surface area contributed by atoms with Gasteiger partial charge in [0.1, 0.15) is 0 Å². The Labute approximate surface area is 106 Å². The molecule has 0 heterocycles. The average Bonchev–Trinajstić information content (AvgIpc) is 2.80. The molecule has 2 rings (SSSR count). The molecule has 1 unspecified atom stereocenters. The zero-order valence-corrected chi connectivity index (χ0v) is 11.1. The minimum absolute atomic E-state index is 0.0232. The van der Waals surface area contributed by atoms with Crippen LogP contribution < -0.4 is 5.14 Å². The summed E-state index contributed by atoms with van der Waals surface area (Å²) in [6, 6.07) is 6.53. The zero-order chi connectivity index (χ0) is 13.6. The molecular weight excluding hydrogens is 252 g/mol. The minimum atomic E-state index is -3.64. The van der Waals surface area contributed by atoms with Crippen molar-refractivity contribution < 1.29 is 13.6 Å². The summed E-state index contributed by atoms with van der Waals surface area (Å²) in [5, 5.41) is 16.7. The van der Waals surface area contributed by atoms with Crippen molar-refractivity contribution in [3.63, 3.8) is 0 Å². The third-order valence-electron chi connectivity index (χ3n) is 3.71. The van der Waals surface area contributed by atoms with Crippen LogP contribution in [0.4, 0.5) is 0 Å². The Morgan fingerprint density at radius 3 is 2.33 bits per heavy atom. The van der Waals surface area contributed by atoms with E-state index in [0.717, 1.165) is 5.56 Å². The fraction of sp³-hybridized carbons (Fsp3) is 0.417. The molecule has 1 aromatic carbocycles. The van der Waals surface area contributed by atoms with E-state index in [1.54, 1.807) is 12.1 Å². The van der Waals surface area contributed by atoms with Gasteiger partial charge in [0.25, 0.3) is 0 Å². The van der Waals surface area contributed by atoms with Crippen molar-refractivity contribution in [3.05, 3.63) is 29.8 Å². The summed E-state index contributed by atoms with van der Waals surface area (Å²) in [6.45, 7) is 4.16. The summed E-state index contributed by atoms with van der Waals surface area (Å²) in [6.07, 6.45) is 1.53. The number of primary sulfonamides is 1. The normalized spacial score (nSPS) is 26.4. The van der Waals surface area contributed by atoms with Crippen molar-refractivity contribution in [2.24, 2.45) is 21.6 Å². The molecule has 1 aromatic rings. The van der Waals surface area contributed by atoms with E-state index in [2.05, 4.69) is 19.0 Å². The largest absolute Gasteiger partial charge is 0.411 e. The van der Waals surface area contributed by atoms with Crippen LogP contribution in [0.25, 0.3) is 0 Å². The van der Waals surface area contributed by atoms with Crippen molar-refractivity contribution >= 4 is 16.2 Å². The molecule has 1 fully saturated rings. The van der Waals surface area contributed by atoms with E-state index >= 15 is 0 Å². The van der Waals surface area contributed by atoms with Crippen LogP contribution in [-0.4, -0.2) is 19.8 Å². The molecule has 0 amide bonds. The maximum atomic E-state index is 11.1. The SMILES string of the molecule is CC1(C)C(C=NO)[C@@H]1c1ccc(S(N)(=O)=O)cc1. The molecule has 0 radical (unpaired) electrons. The fourth-order valence-electron chi connectivity index (χ4n) is 2.53. The lowest BCUT2D eigenvalue weighted by molar-refractivity contribution is 0.319. The molecule has 2 atom stereocenters. The lowest BCUT2D eigenvalue weighted by Gasteiger charge is -2.04. The van der Waals surface area contributed by atoms with Crippen molar-refractivity contribution in [2.75, 3.05) is 0 Å². The van der Waals surface area contributed by atoms with E-state index in [1.165, 1.54) is 18.3 Å². The average molecular weight is 268 g/mol. The lowest BCUT2D eigenvalue weighted by atomic mass is 10.0. The highest BCUT2D eigenvalue weighted by Crippen LogP contribution is 2.63. The van der Waals surface area contributed by atoms with E-state index in [0.29, 0.717) is 0 Å². The Morgan fingerprint density at radius 1 is 1.33 bits per heavy atom. The predicted molar refractivity (Wildman–Crippen MR) is 68.1 cm³/mol. The second-order valence-corrected chi connectivity index (χ2v) is 6.76. The Balaban J connectivity index is 2.27. The van der Waals surface area contributed by atoms with Gasteiger partial charge in [0.2, 0.25) is 10.0 Å². The summed E-state index contributed by atoms with van der Waals surface area (Å²) in [4.78, 5) is 0.108. The van der Waals surface area contributed by atoms with E-state index in [4.69, 9.17) is 10.3 Å². The Hall–Kier alpha value is -1.40. The Morgan fingerprint density at radius 2 is 1.89 bits per heavy atom. The van der Waals surface area contributed by atoms with Gasteiger partial charge in [-0.1, -0.05) is 26.0 Å². The van der Waals surface area contributed by atoms with Crippen LogP contribution in [0.5, 0.6) is 0 Å². The smallest absolute Gasteiger partial charge is 0.238 e. The molecule has 98 valence electrons. The lowest BCUT2D eigenvalue weighted by Crippen LogP contribution is -2.11. The van der Waals surface area contributed by atoms with Gasteiger partial charge >= 0.3 is 0 Å². The van der Waals surface area contributed by atoms with Crippen LogP contribution in [0.15, 0.2) is 34.3 Å². The van der Waals surface area contributed by atoms with Gasteiger partial charge in [0, 0.05) is 12.1 Å². The number of hydrogen-bond acceptors (Lipinski definition) is 4. The predicted octanol–water partition coefficient (Wildman–Crippen LogP) is 1.53. The van der Waals surface area contributed by atoms with Gasteiger partial charge < -0.3 is 5.21 Å². The highest BCUT2D eigenvalue weighted by Gasteiger charge is 2.57. The molecule has 1 saturated carbocycles. The van der Waals surface area contributed by atoms with Gasteiger partial charge in [0.05, 0.1) is 4.90 Å². The van der Waals surface area contributed by atoms with Crippen LogP contribution in [0.2, 0.25) is 0 Å². The van der Waals surface area contributed by atoms with Crippen LogP contribution in [0, 0.1) is 11.3 Å². The zero-order valence-electron chi connectivity index (χ0n) is 10.2. The first-order valence-electron chi connectivity index (χ1n) is 5.59. The number of nitrogens with zero attached hydrogens (tertiary/aromatic N) is 1. The van der Waals surface area contributed by atoms with E-state index in [-0.39, 0.29) is 22.1 Å². The Kier molecular flexibility index (Phi) is 2.95. The van der Waals surface area contributed by atoms with Gasteiger partial charge in [-0.15, -0.1) is 5.16 Å². The molecule has 5 nitrogen and oxygen atoms in total. The first-order valence-corrected chi connectivity index (χ1v) is 7.13. The summed E-state index contributed by atoms with van der Waals surface area (Å²) in [7, 11) is -3.64. The quantitative estimate of drug-likeness (QED) is 0.494. The topological polar surface area (TPSA) is 92.8 Å². The second kappa shape index (κ2) is 4.07. The minimum Gasteiger partial charge on any atom is -0.411 e. The van der Waals surface area contributed by atoms with Crippen molar-refractivity contribution in [1.82, 2.24) is 0 Å². The van der Waals surface area contributed by atoms with Gasteiger partial charge in [-0.05, 0) is 29.0 Å². The van der Waals surface area contributed by atoms with Gasteiger partial charge in [-0.3, -0.25) is 0 Å². The molecule has 0 aromatic heterocycles. The van der Waals surface area contributed by atoms with Crippen LogP contribution in [-0.2, 0) is 10.0 Å². The van der Waals surface area contributed by atoms with Crippen LogP contribution in [0.3, 0.4) is 0 Å². The first-order chi connectivity index (χ1) is 8.28. The number of nitrogens with two attached hydrogens (primary N) is 1. The fourth-order valence-corrected chi connectivity index (χ4v) is 3.04. The number of benzene rings is 1. The molecule has 0 bridgehead atoms. The molecule has 3 N–H and O–H groups in total. The maximum Gasteiger partial charge on any atom is 0.238 e. The molecule has 1 aliphatic rings. The third-order valence-corrected chi connectivity index (χ3v) is 4.63. The summed E-state index contributed by atoms with van der Waals surface area (Å²) in [5.41, 5.74) is 1.05. The number of rotatable bonds is 3. The molecule has 6 heteroatoms. The summed E-state index contributed by atoms with van der Waals surface area (Å²) < 4.78 is 22.3. The highest BCUT2D eigenvalue weighted by molar-refractivity contribution is 7.89. The molecule has 1 aliphatic carbocycles. The Bertz CT molecular complexity index is 576. The monoisotopic (exact) mass is 268 g/mol. The standard InChI is InChI=1S/C12H16N2O3S/c1-12(2)10(7-14-15)11(12)8-3-5-9(6-4-8)18(13,16)17/h3-7,10-11,15H,1-2H3,(H2,13,16,17)/t10?,11-/m0/s1. The van der Waals surface area contributed by atoms with Crippen molar-refractivity contribution in [1.29, 1.82) is 0 Å². The maximum absolute atomic E-state index is 11.1. The van der Waals surface area contributed by atoms with Crippen LogP contribution in [0.1, 0.15) is 25.3 Å². The van der Waals surface area contributed by atoms with E-state index in [1.807, 2.05) is 0 Å². The van der Waals surface area contributed by atoms with Crippen LogP contribution >= 0.6 is 0 Å². The molecule has 0 spiro atoms. The molecular formula is C12H16N2O3S. The number of oxime groups is 1. The van der Waals surface area contributed by atoms with Crippen molar-refractivity contribution in [2.45, 2.75) is 24.7 Å². The molecule has 18 heavy (non-hydrogen) atoms. The number of sulfonamides is 1. The highest BCUT2D eigenvalue weighted by atomic mass is 32.2. The molecule has 0 aliphatic heterocycles. The van der Waals surface area contributed by atoms with E-state index in [9.17, 15) is 8.42 Å². The summed E-state index contributed by atoms with van der Waals surface area (Å²) in [5.74, 6) is 0.408.